The minimum atomic E-state index is -3.42. The summed E-state index contributed by atoms with van der Waals surface area (Å²) >= 11 is 0. The third-order valence-corrected chi connectivity index (χ3v) is 6.85. The van der Waals surface area contributed by atoms with Crippen molar-refractivity contribution in [3.05, 3.63) is 35.9 Å². The highest BCUT2D eigenvalue weighted by atomic mass is 32.2. The summed E-state index contributed by atoms with van der Waals surface area (Å²) in [7, 11) is -3.42. The summed E-state index contributed by atoms with van der Waals surface area (Å²) in [6.07, 6.45) is 9.30. The van der Waals surface area contributed by atoms with Crippen molar-refractivity contribution < 1.29 is 13.2 Å². The molecule has 1 saturated heterocycles. The zero-order valence-corrected chi connectivity index (χ0v) is 15.5. The molecule has 2 fully saturated rings. The van der Waals surface area contributed by atoms with Crippen molar-refractivity contribution in [3.8, 4) is 0 Å². The Morgan fingerprint density at radius 3 is 2.24 bits per heavy atom. The molecule has 136 valence electrons. The summed E-state index contributed by atoms with van der Waals surface area (Å²) in [4.78, 5) is 12.2. The van der Waals surface area contributed by atoms with Gasteiger partial charge in [0.1, 0.15) is 0 Å². The Morgan fingerprint density at radius 1 is 1.08 bits per heavy atom. The normalized spacial score (nSPS) is 21.0. The number of benzene rings is 1. The van der Waals surface area contributed by atoms with Gasteiger partial charge in [-0.2, -0.15) is 4.31 Å². The number of rotatable bonds is 5. The van der Waals surface area contributed by atoms with Crippen LogP contribution in [0.4, 0.5) is 0 Å². The van der Waals surface area contributed by atoms with Gasteiger partial charge in [-0.15, -0.1) is 0 Å². The molecule has 0 spiro atoms. The maximum atomic E-state index is 12.7. The molecule has 0 unspecified atom stereocenters. The van der Waals surface area contributed by atoms with Gasteiger partial charge in [0.05, 0.1) is 4.90 Å². The van der Waals surface area contributed by atoms with Crippen LogP contribution in [0.2, 0.25) is 0 Å². The largest absolute Gasteiger partial charge is 0.347 e. The van der Waals surface area contributed by atoms with E-state index in [1.807, 2.05) is 6.92 Å². The molecular weight excluding hydrogens is 336 g/mol. The summed E-state index contributed by atoms with van der Waals surface area (Å²) in [6, 6.07) is 6.74. The van der Waals surface area contributed by atoms with Crippen molar-refractivity contribution in [1.82, 2.24) is 9.62 Å². The standard InChI is InChI=1S/C19H26N2O3S/c1-19(12-13-19)20-18(22)11-8-16-6-9-17(10-7-16)25(23,24)21-14-4-2-3-5-15-21/h6-11H,2-5,12-15H2,1H3,(H,20,22)/b11-8-. The number of sulfonamides is 1. The van der Waals surface area contributed by atoms with Gasteiger partial charge in [0.15, 0.2) is 0 Å². The van der Waals surface area contributed by atoms with Crippen LogP contribution in [0, 0.1) is 0 Å². The fourth-order valence-corrected chi connectivity index (χ4v) is 4.52. The Hall–Kier alpha value is -1.66. The summed E-state index contributed by atoms with van der Waals surface area (Å²) < 4.78 is 27.0. The van der Waals surface area contributed by atoms with E-state index in [0.717, 1.165) is 44.1 Å². The predicted molar refractivity (Wildman–Crippen MR) is 98.5 cm³/mol. The molecule has 1 aromatic carbocycles. The average Bonchev–Trinajstić information content (AvgIpc) is 3.36. The zero-order chi connectivity index (χ0) is 17.9. The van der Waals surface area contributed by atoms with Gasteiger partial charge in [-0.05, 0) is 56.4 Å². The first-order valence-electron chi connectivity index (χ1n) is 9.00. The Labute approximate surface area is 150 Å². The molecule has 0 radical (unpaired) electrons. The number of nitrogens with zero attached hydrogens (tertiary/aromatic N) is 1. The molecular formula is C19H26N2O3S. The van der Waals surface area contributed by atoms with Crippen LogP contribution in [0.1, 0.15) is 51.0 Å². The predicted octanol–water partition coefficient (Wildman–Crippen LogP) is 2.93. The zero-order valence-electron chi connectivity index (χ0n) is 14.7. The molecule has 5 nitrogen and oxygen atoms in total. The Kier molecular flexibility index (Phi) is 5.29. The summed E-state index contributed by atoms with van der Waals surface area (Å²) in [5, 5.41) is 2.96. The van der Waals surface area contributed by atoms with Crippen molar-refractivity contribution in [3.63, 3.8) is 0 Å². The van der Waals surface area contributed by atoms with E-state index >= 15 is 0 Å². The van der Waals surface area contributed by atoms with Gasteiger partial charge in [0.25, 0.3) is 0 Å². The summed E-state index contributed by atoms with van der Waals surface area (Å²) in [5.74, 6) is -0.110. The first-order chi connectivity index (χ1) is 11.9. The highest BCUT2D eigenvalue weighted by Gasteiger charge is 2.38. The fraction of sp³-hybridized carbons (Fsp3) is 0.526. The number of nitrogens with one attached hydrogen (secondary N) is 1. The van der Waals surface area contributed by atoms with Crippen molar-refractivity contribution in [2.45, 2.75) is 55.9 Å². The van der Waals surface area contributed by atoms with E-state index in [1.165, 1.54) is 6.08 Å². The molecule has 1 heterocycles. The number of hydrogen-bond donors (Lipinski definition) is 1. The first-order valence-corrected chi connectivity index (χ1v) is 10.4. The lowest BCUT2D eigenvalue weighted by Crippen LogP contribution is -2.32. The number of carbonyl (C=O) groups is 1. The molecule has 25 heavy (non-hydrogen) atoms. The molecule has 2 aliphatic rings. The minimum absolute atomic E-state index is 0.0352. The minimum Gasteiger partial charge on any atom is -0.347 e. The van der Waals surface area contributed by atoms with E-state index < -0.39 is 10.0 Å². The van der Waals surface area contributed by atoms with E-state index in [0.29, 0.717) is 18.0 Å². The van der Waals surface area contributed by atoms with Gasteiger partial charge >= 0.3 is 0 Å². The lowest BCUT2D eigenvalue weighted by molar-refractivity contribution is -0.117. The molecule has 1 aliphatic carbocycles. The smallest absolute Gasteiger partial charge is 0.244 e. The molecule has 1 N–H and O–H groups in total. The van der Waals surface area contributed by atoms with Crippen molar-refractivity contribution in [1.29, 1.82) is 0 Å². The molecule has 0 bridgehead atoms. The molecule has 1 aliphatic heterocycles. The Bertz CT molecular complexity index is 741. The van der Waals surface area contributed by atoms with Crippen molar-refractivity contribution in [2.24, 2.45) is 0 Å². The number of hydrogen-bond acceptors (Lipinski definition) is 3. The van der Waals surface area contributed by atoms with Gasteiger partial charge in [-0.1, -0.05) is 25.0 Å². The third-order valence-electron chi connectivity index (χ3n) is 4.94. The van der Waals surface area contributed by atoms with Crippen LogP contribution in [0.3, 0.4) is 0 Å². The summed E-state index contributed by atoms with van der Waals surface area (Å²) in [5.41, 5.74) is 0.776. The van der Waals surface area contributed by atoms with E-state index in [1.54, 1.807) is 34.6 Å². The molecule has 1 saturated carbocycles. The molecule has 0 atom stereocenters. The number of amides is 1. The van der Waals surface area contributed by atoms with Crippen LogP contribution in [0.15, 0.2) is 35.2 Å². The Balaban J connectivity index is 1.65. The fourth-order valence-electron chi connectivity index (χ4n) is 3.01. The van der Waals surface area contributed by atoms with Crippen LogP contribution in [0.25, 0.3) is 6.08 Å². The van der Waals surface area contributed by atoms with E-state index in [2.05, 4.69) is 5.32 Å². The van der Waals surface area contributed by atoms with Gasteiger partial charge in [0.2, 0.25) is 15.9 Å². The van der Waals surface area contributed by atoms with Crippen LogP contribution in [-0.4, -0.2) is 37.3 Å². The highest BCUT2D eigenvalue weighted by Crippen LogP contribution is 2.34. The molecule has 0 aromatic heterocycles. The van der Waals surface area contributed by atoms with E-state index in [-0.39, 0.29) is 11.4 Å². The molecule has 1 aromatic rings. The van der Waals surface area contributed by atoms with Crippen LogP contribution in [-0.2, 0) is 14.8 Å². The summed E-state index contributed by atoms with van der Waals surface area (Å²) in [6.45, 7) is 3.23. The highest BCUT2D eigenvalue weighted by molar-refractivity contribution is 7.89. The molecule has 3 rings (SSSR count). The maximum Gasteiger partial charge on any atom is 0.244 e. The number of carbonyl (C=O) groups excluding carboxylic acids is 1. The monoisotopic (exact) mass is 362 g/mol. The van der Waals surface area contributed by atoms with E-state index in [4.69, 9.17) is 0 Å². The van der Waals surface area contributed by atoms with E-state index in [9.17, 15) is 13.2 Å². The van der Waals surface area contributed by atoms with Crippen molar-refractivity contribution in [2.75, 3.05) is 13.1 Å². The first kappa shape index (κ1) is 18.1. The Morgan fingerprint density at radius 2 is 1.68 bits per heavy atom. The van der Waals surface area contributed by atoms with Crippen LogP contribution in [0.5, 0.6) is 0 Å². The second-order valence-corrected chi connectivity index (χ2v) is 9.21. The second kappa shape index (κ2) is 7.30. The van der Waals surface area contributed by atoms with Gasteiger partial charge in [-0.25, -0.2) is 8.42 Å². The quantitative estimate of drug-likeness (QED) is 0.819. The van der Waals surface area contributed by atoms with Crippen LogP contribution < -0.4 is 5.32 Å². The average molecular weight is 362 g/mol. The second-order valence-electron chi connectivity index (χ2n) is 7.27. The van der Waals surface area contributed by atoms with Crippen LogP contribution >= 0.6 is 0 Å². The van der Waals surface area contributed by atoms with Gasteiger partial charge < -0.3 is 5.32 Å². The third kappa shape index (κ3) is 4.70. The molecule has 6 heteroatoms. The maximum absolute atomic E-state index is 12.7. The van der Waals surface area contributed by atoms with Gasteiger partial charge in [-0.3, -0.25) is 4.79 Å². The van der Waals surface area contributed by atoms with Crippen molar-refractivity contribution >= 4 is 22.0 Å². The lowest BCUT2D eigenvalue weighted by atomic mass is 10.2. The van der Waals surface area contributed by atoms with Gasteiger partial charge in [0, 0.05) is 24.7 Å². The lowest BCUT2D eigenvalue weighted by Gasteiger charge is -2.19. The SMILES string of the molecule is CC1(NC(=O)/C=C\c2ccc(S(=O)(=O)N3CCCCCC3)cc2)CC1. The molecule has 1 amide bonds. The topological polar surface area (TPSA) is 66.5 Å².